The van der Waals surface area contributed by atoms with Gasteiger partial charge >= 0.3 is 6.09 Å². The first kappa shape index (κ1) is 13.6. The second-order valence-corrected chi connectivity index (χ2v) is 5.14. The van der Waals surface area contributed by atoms with Gasteiger partial charge in [-0.3, -0.25) is 9.69 Å². The van der Waals surface area contributed by atoms with Crippen LogP contribution in [0.3, 0.4) is 0 Å². The molecule has 1 aliphatic rings. The van der Waals surface area contributed by atoms with Crippen molar-refractivity contribution < 1.29 is 14.3 Å². The van der Waals surface area contributed by atoms with Crippen molar-refractivity contribution in [3.8, 4) is 0 Å². The van der Waals surface area contributed by atoms with Gasteiger partial charge in [-0.05, 0) is 11.5 Å². The molecule has 0 N–H and O–H groups in total. The van der Waals surface area contributed by atoms with Crippen molar-refractivity contribution >= 4 is 11.9 Å². The normalized spacial score (nSPS) is 19.0. The maximum absolute atomic E-state index is 12.0. The van der Waals surface area contributed by atoms with E-state index in [1.807, 2.05) is 44.2 Å². The first-order valence-corrected chi connectivity index (χ1v) is 6.59. The Balaban J connectivity index is 1.95. The molecule has 1 aliphatic heterocycles. The van der Waals surface area contributed by atoms with Gasteiger partial charge in [0.05, 0.1) is 6.04 Å². The molecule has 0 aromatic heterocycles. The molecule has 2 rings (SSSR count). The molecule has 0 radical (unpaired) electrons. The van der Waals surface area contributed by atoms with Crippen molar-refractivity contribution in [3.63, 3.8) is 0 Å². The lowest BCUT2D eigenvalue weighted by Gasteiger charge is -2.25. The lowest BCUT2D eigenvalue weighted by molar-refractivity contribution is -0.120. The highest BCUT2D eigenvalue weighted by Crippen LogP contribution is 2.21. The van der Waals surface area contributed by atoms with Gasteiger partial charge in [0.15, 0.2) is 5.78 Å². The Hall–Kier alpha value is -1.84. The van der Waals surface area contributed by atoms with Gasteiger partial charge in [-0.1, -0.05) is 44.2 Å². The fourth-order valence-electron chi connectivity index (χ4n) is 2.43. The first-order chi connectivity index (χ1) is 9.09. The van der Waals surface area contributed by atoms with E-state index in [0.717, 1.165) is 5.56 Å². The summed E-state index contributed by atoms with van der Waals surface area (Å²) < 4.78 is 5.28. The number of likely N-dealkylation sites (tertiary alicyclic amines) is 1. The predicted molar refractivity (Wildman–Crippen MR) is 71.6 cm³/mol. The molecule has 19 heavy (non-hydrogen) atoms. The number of Topliss-reactive ketones (excluding diaryl/α,β-unsaturated/α-hetero) is 1. The van der Waals surface area contributed by atoms with Crippen molar-refractivity contribution in [1.82, 2.24) is 4.90 Å². The minimum absolute atomic E-state index is 0.124. The number of ether oxygens (including phenoxy) is 1. The molecule has 1 fully saturated rings. The van der Waals surface area contributed by atoms with Gasteiger partial charge in [0.1, 0.15) is 6.61 Å². The smallest absolute Gasteiger partial charge is 0.410 e. The molecule has 1 aromatic rings. The summed E-state index contributed by atoms with van der Waals surface area (Å²) >= 11 is 0. The van der Waals surface area contributed by atoms with Crippen molar-refractivity contribution in [1.29, 1.82) is 0 Å². The lowest BCUT2D eigenvalue weighted by Crippen LogP contribution is -2.41. The SMILES string of the molecule is CC(C)[C@H]1C(=O)CCN1C(=O)OCc1ccccc1. The number of benzene rings is 1. The highest BCUT2D eigenvalue weighted by molar-refractivity contribution is 5.90. The third-order valence-corrected chi connectivity index (χ3v) is 3.34. The summed E-state index contributed by atoms with van der Waals surface area (Å²) in [5.74, 6) is 0.255. The quantitative estimate of drug-likeness (QED) is 0.840. The van der Waals surface area contributed by atoms with E-state index in [4.69, 9.17) is 4.74 Å². The lowest BCUT2D eigenvalue weighted by atomic mass is 10.0. The Morgan fingerprint density at radius 3 is 2.68 bits per heavy atom. The Kier molecular flexibility index (Phi) is 4.20. The summed E-state index contributed by atoms with van der Waals surface area (Å²) in [5.41, 5.74) is 0.947. The largest absolute Gasteiger partial charge is 0.445 e. The van der Waals surface area contributed by atoms with Crippen molar-refractivity contribution in [2.24, 2.45) is 5.92 Å². The van der Waals surface area contributed by atoms with E-state index in [0.29, 0.717) is 13.0 Å². The third-order valence-electron chi connectivity index (χ3n) is 3.34. The van der Waals surface area contributed by atoms with E-state index >= 15 is 0 Å². The van der Waals surface area contributed by atoms with Gasteiger partial charge in [-0.25, -0.2) is 4.79 Å². The molecule has 1 aromatic carbocycles. The molecule has 0 aliphatic carbocycles. The van der Waals surface area contributed by atoms with E-state index in [9.17, 15) is 9.59 Å². The number of rotatable bonds is 3. The zero-order chi connectivity index (χ0) is 13.8. The molecule has 0 saturated carbocycles. The molecular formula is C15H19NO3. The fourth-order valence-corrected chi connectivity index (χ4v) is 2.43. The van der Waals surface area contributed by atoms with Crippen LogP contribution in [0.25, 0.3) is 0 Å². The van der Waals surface area contributed by atoms with E-state index in [-0.39, 0.29) is 24.3 Å². The van der Waals surface area contributed by atoms with Crippen LogP contribution in [-0.4, -0.2) is 29.4 Å². The average Bonchev–Trinajstić information content (AvgIpc) is 2.79. The number of hydrogen-bond acceptors (Lipinski definition) is 3. The van der Waals surface area contributed by atoms with Crippen LogP contribution in [0.4, 0.5) is 4.79 Å². The molecular weight excluding hydrogens is 242 g/mol. The van der Waals surface area contributed by atoms with Crippen LogP contribution in [0, 0.1) is 5.92 Å². The van der Waals surface area contributed by atoms with Crippen LogP contribution >= 0.6 is 0 Å². The summed E-state index contributed by atoms with van der Waals surface area (Å²) in [5, 5.41) is 0. The number of amides is 1. The Bertz CT molecular complexity index is 456. The van der Waals surface area contributed by atoms with Crippen LogP contribution in [0.2, 0.25) is 0 Å². The molecule has 0 unspecified atom stereocenters. The third kappa shape index (κ3) is 3.13. The molecule has 0 bridgehead atoms. The van der Waals surface area contributed by atoms with Crippen molar-refractivity contribution in [2.45, 2.75) is 32.9 Å². The van der Waals surface area contributed by atoms with Gasteiger partial charge in [0, 0.05) is 13.0 Å². The zero-order valence-corrected chi connectivity index (χ0v) is 11.3. The number of hydrogen-bond donors (Lipinski definition) is 0. The van der Waals surface area contributed by atoms with Gasteiger partial charge in [0.2, 0.25) is 0 Å². The highest BCUT2D eigenvalue weighted by atomic mass is 16.6. The first-order valence-electron chi connectivity index (χ1n) is 6.59. The average molecular weight is 261 g/mol. The summed E-state index contributed by atoms with van der Waals surface area (Å²) in [6, 6.07) is 9.20. The van der Waals surface area contributed by atoms with Crippen LogP contribution in [-0.2, 0) is 16.1 Å². The van der Waals surface area contributed by atoms with Gasteiger partial charge in [0.25, 0.3) is 0 Å². The molecule has 1 atom stereocenters. The number of nitrogens with zero attached hydrogens (tertiary/aromatic N) is 1. The van der Waals surface area contributed by atoms with E-state index in [1.165, 1.54) is 0 Å². The minimum Gasteiger partial charge on any atom is -0.445 e. The zero-order valence-electron chi connectivity index (χ0n) is 11.3. The van der Waals surface area contributed by atoms with Crippen LogP contribution < -0.4 is 0 Å². The van der Waals surface area contributed by atoms with E-state index in [1.54, 1.807) is 4.90 Å². The second-order valence-electron chi connectivity index (χ2n) is 5.14. The number of ketones is 1. The Labute approximate surface area is 113 Å². The highest BCUT2D eigenvalue weighted by Gasteiger charge is 2.38. The molecule has 4 nitrogen and oxygen atoms in total. The molecule has 1 heterocycles. The summed E-state index contributed by atoms with van der Waals surface area (Å²) in [4.78, 5) is 25.3. The molecule has 1 amide bonds. The molecule has 102 valence electrons. The predicted octanol–water partition coefficient (Wildman–Crippen LogP) is 2.62. The monoisotopic (exact) mass is 261 g/mol. The molecule has 1 saturated heterocycles. The summed E-state index contributed by atoms with van der Waals surface area (Å²) in [6.07, 6.45) is 0.0388. The van der Waals surface area contributed by atoms with Crippen molar-refractivity contribution in [3.05, 3.63) is 35.9 Å². The van der Waals surface area contributed by atoms with Gasteiger partial charge in [-0.2, -0.15) is 0 Å². The van der Waals surface area contributed by atoms with Gasteiger partial charge < -0.3 is 4.74 Å². The summed E-state index contributed by atoms with van der Waals surface area (Å²) in [6.45, 7) is 4.61. The van der Waals surface area contributed by atoms with Crippen LogP contribution in [0.5, 0.6) is 0 Å². The van der Waals surface area contributed by atoms with E-state index < -0.39 is 6.09 Å². The topological polar surface area (TPSA) is 46.6 Å². The summed E-state index contributed by atoms with van der Waals surface area (Å²) in [7, 11) is 0. The second kappa shape index (κ2) is 5.87. The van der Waals surface area contributed by atoms with Crippen molar-refractivity contribution in [2.75, 3.05) is 6.54 Å². The van der Waals surface area contributed by atoms with Crippen LogP contribution in [0.1, 0.15) is 25.8 Å². The minimum atomic E-state index is -0.395. The number of carbonyl (C=O) groups excluding carboxylic acids is 2. The number of carbonyl (C=O) groups is 2. The van der Waals surface area contributed by atoms with Gasteiger partial charge in [-0.15, -0.1) is 0 Å². The maximum atomic E-state index is 12.0. The Morgan fingerprint density at radius 2 is 2.05 bits per heavy atom. The Morgan fingerprint density at radius 1 is 1.37 bits per heavy atom. The maximum Gasteiger partial charge on any atom is 0.410 e. The van der Waals surface area contributed by atoms with E-state index in [2.05, 4.69) is 0 Å². The standard InChI is InChI=1S/C15H19NO3/c1-11(2)14-13(17)8-9-16(14)15(18)19-10-12-6-4-3-5-7-12/h3-7,11,14H,8-10H2,1-2H3/t14-/m0/s1. The molecule has 4 heteroatoms. The molecule has 0 spiro atoms. The fraction of sp³-hybridized carbons (Fsp3) is 0.467. The van der Waals surface area contributed by atoms with Crippen LogP contribution in [0.15, 0.2) is 30.3 Å².